The summed E-state index contributed by atoms with van der Waals surface area (Å²) >= 11 is 0. The second kappa shape index (κ2) is 4.14. The number of allylic oxidation sites excluding steroid dienone is 1. The van der Waals surface area contributed by atoms with Crippen LogP contribution in [-0.2, 0) is 0 Å². The Morgan fingerprint density at radius 3 is 2.82 bits per heavy atom. The van der Waals surface area contributed by atoms with E-state index < -0.39 is 0 Å². The van der Waals surface area contributed by atoms with Crippen molar-refractivity contribution in [1.82, 2.24) is 0 Å². The minimum absolute atomic E-state index is 0.0417. The Labute approximate surface area is 97.4 Å². The highest BCUT2D eigenvalue weighted by Gasteiger charge is 2.17. The topological polar surface area (TPSA) is 70.3 Å². The third-order valence-corrected chi connectivity index (χ3v) is 2.53. The third kappa shape index (κ3) is 1.68. The van der Waals surface area contributed by atoms with E-state index in [4.69, 9.17) is 10.00 Å². The van der Waals surface area contributed by atoms with Crippen LogP contribution in [0.2, 0.25) is 0 Å². The van der Waals surface area contributed by atoms with Gasteiger partial charge in [0.1, 0.15) is 11.5 Å². The molecule has 2 rings (SSSR count). The average Bonchev–Trinajstić information content (AvgIpc) is 2.34. The number of hydrogen-bond donors (Lipinski definition) is 1. The van der Waals surface area contributed by atoms with Crippen LogP contribution in [0.15, 0.2) is 24.3 Å². The number of carbonyl (C=O) groups excluding carboxylic acids is 1. The fourth-order valence-corrected chi connectivity index (χ4v) is 1.80. The molecule has 1 aromatic carbocycles. The third-order valence-electron chi connectivity index (χ3n) is 2.53. The van der Waals surface area contributed by atoms with E-state index in [2.05, 4.69) is 0 Å². The van der Waals surface area contributed by atoms with E-state index in [-0.39, 0.29) is 17.1 Å². The van der Waals surface area contributed by atoms with Crippen LogP contribution in [0.4, 0.5) is 0 Å². The lowest BCUT2D eigenvalue weighted by Crippen LogP contribution is -2.34. The fourth-order valence-electron chi connectivity index (χ4n) is 1.80. The summed E-state index contributed by atoms with van der Waals surface area (Å²) in [5.41, 5.74) is 0.288. The van der Waals surface area contributed by atoms with Gasteiger partial charge >= 0.3 is 0 Å². The number of rotatable bonds is 1. The molecule has 0 bridgehead atoms. The highest BCUT2D eigenvalue weighted by molar-refractivity contribution is 6.09. The number of methoxy groups -OCH3 is 1. The van der Waals surface area contributed by atoms with Gasteiger partial charge in [0.15, 0.2) is 5.78 Å². The predicted molar refractivity (Wildman–Crippen MR) is 61.8 cm³/mol. The van der Waals surface area contributed by atoms with Crippen molar-refractivity contribution >= 4 is 17.6 Å². The Morgan fingerprint density at radius 2 is 2.18 bits per heavy atom. The first kappa shape index (κ1) is 11.0. The number of ketones is 1. The molecule has 1 N–H and O–H groups in total. The van der Waals surface area contributed by atoms with E-state index in [1.807, 2.05) is 6.07 Å². The minimum atomic E-state index is -0.247. The van der Waals surface area contributed by atoms with Crippen molar-refractivity contribution in [3.8, 4) is 11.8 Å². The molecule has 0 unspecified atom stereocenters. The molecule has 0 aliphatic heterocycles. The first-order valence-electron chi connectivity index (χ1n) is 4.91. The zero-order chi connectivity index (χ0) is 12.4. The number of hydrogen-bond acceptors (Lipinski definition) is 4. The summed E-state index contributed by atoms with van der Waals surface area (Å²) in [7, 11) is 1.45. The normalized spacial score (nSPS) is 14.5. The van der Waals surface area contributed by atoms with Gasteiger partial charge in [-0.2, -0.15) is 5.26 Å². The number of nitrogens with zero attached hydrogens (tertiary/aromatic N) is 1. The van der Waals surface area contributed by atoms with Gasteiger partial charge in [0.2, 0.25) is 0 Å². The van der Waals surface area contributed by atoms with Gasteiger partial charge in [-0.1, -0.05) is 0 Å². The van der Waals surface area contributed by atoms with Gasteiger partial charge in [-0.25, -0.2) is 0 Å². The molecule has 0 fully saturated rings. The largest absolute Gasteiger partial charge is 0.507 e. The van der Waals surface area contributed by atoms with Crippen LogP contribution in [0, 0.1) is 11.3 Å². The fraction of sp³-hybridized carbons (Fsp3) is 0.0769. The maximum Gasteiger partial charge on any atom is 0.190 e. The van der Waals surface area contributed by atoms with Gasteiger partial charge in [-0.3, -0.25) is 4.79 Å². The van der Waals surface area contributed by atoms with E-state index in [1.54, 1.807) is 12.1 Å². The highest BCUT2D eigenvalue weighted by atomic mass is 16.5. The maximum absolute atomic E-state index is 11.8. The molecule has 0 heterocycles. The van der Waals surface area contributed by atoms with Crippen LogP contribution in [-0.4, -0.2) is 18.0 Å². The number of aliphatic hydroxyl groups excluding tert-OH is 1. The molecular weight excluding hydrogens is 218 g/mol. The Kier molecular flexibility index (Phi) is 2.67. The number of aliphatic hydroxyl groups is 1. The molecule has 1 aliphatic carbocycles. The average molecular weight is 227 g/mol. The molecule has 0 radical (unpaired) electrons. The summed E-state index contributed by atoms with van der Waals surface area (Å²) in [5.74, 6) is 0.0961. The van der Waals surface area contributed by atoms with Crippen LogP contribution < -0.4 is 15.2 Å². The summed E-state index contributed by atoms with van der Waals surface area (Å²) in [6.07, 6.45) is 3.87. The molecule has 0 atom stereocenters. The van der Waals surface area contributed by atoms with Crippen LogP contribution in [0.1, 0.15) is 10.4 Å². The molecule has 0 spiro atoms. The highest BCUT2D eigenvalue weighted by Crippen LogP contribution is 2.16. The van der Waals surface area contributed by atoms with Crippen molar-refractivity contribution < 1.29 is 14.6 Å². The second-order valence-corrected chi connectivity index (χ2v) is 3.46. The minimum Gasteiger partial charge on any atom is -0.507 e. The van der Waals surface area contributed by atoms with Gasteiger partial charge < -0.3 is 9.84 Å². The Hall–Kier alpha value is -2.54. The van der Waals surface area contributed by atoms with Crippen molar-refractivity contribution in [2.24, 2.45) is 0 Å². The molecule has 0 saturated heterocycles. The number of nitriles is 1. The van der Waals surface area contributed by atoms with E-state index in [9.17, 15) is 9.90 Å². The van der Waals surface area contributed by atoms with Gasteiger partial charge in [0, 0.05) is 11.3 Å². The number of fused-ring (bicyclic) bond motifs is 1. The molecule has 17 heavy (non-hydrogen) atoms. The molecule has 4 heteroatoms. The molecular formula is C13H9NO3. The Balaban J connectivity index is 3.02. The molecule has 1 aromatic rings. The van der Waals surface area contributed by atoms with Gasteiger partial charge in [-0.05, 0) is 29.5 Å². The van der Waals surface area contributed by atoms with Gasteiger partial charge in [0.05, 0.1) is 18.7 Å². The summed E-state index contributed by atoms with van der Waals surface area (Å²) in [6, 6.07) is 5.11. The van der Waals surface area contributed by atoms with Crippen LogP contribution in [0.3, 0.4) is 0 Å². The van der Waals surface area contributed by atoms with Crippen LogP contribution >= 0.6 is 0 Å². The number of carbonyl (C=O) groups is 1. The Bertz CT molecular complexity index is 678. The second-order valence-electron chi connectivity index (χ2n) is 3.46. The van der Waals surface area contributed by atoms with Gasteiger partial charge in [0.25, 0.3) is 0 Å². The van der Waals surface area contributed by atoms with Crippen molar-refractivity contribution in [2.75, 3.05) is 7.11 Å². The summed E-state index contributed by atoms with van der Waals surface area (Å²) in [5, 5.41) is 19.3. The summed E-state index contributed by atoms with van der Waals surface area (Å²) in [4.78, 5) is 11.8. The number of ether oxygens (including phenoxy) is 1. The van der Waals surface area contributed by atoms with Crippen molar-refractivity contribution in [1.29, 1.82) is 5.26 Å². The van der Waals surface area contributed by atoms with E-state index >= 15 is 0 Å². The van der Waals surface area contributed by atoms with Crippen molar-refractivity contribution in [2.45, 2.75) is 0 Å². The van der Waals surface area contributed by atoms with Gasteiger partial charge in [-0.15, -0.1) is 0 Å². The lowest BCUT2D eigenvalue weighted by atomic mass is 9.99. The van der Waals surface area contributed by atoms with E-state index in [0.29, 0.717) is 16.2 Å². The standard InChI is InChI=1S/C13H9NO3/c1-17-11-5-2-8(6-7-14)12-9(15)3-4-10(16)13(11)12/h2-6,15H,1H3/b8-6+. The first-order valence-corrected chi connectivity index (χ1v) is 4.91. The molecule has 0 amide bonds. The predicted octanol–water partition coefficient (Wildman–Crippen LogP) is 0.418. The zero-order valence-electron chi connectivity index (χ0n) is 9.10. The lowest BCUT2D eigenvalue weighted by molar-refractivity contribution is 0.104. The number of benzene rings is 1. The monoisotopic (exact) mass is 227 g/mol. The van der Waals surface area contributed by atoms with Crippen molar-refractivity contribution in [3.63, 3.8) is 0 Å². The molecule has 0 aromatic heterocycles. The SMILES string of the molecule is COc1cc/c(=C\C#N)c2c1C(=O)C=CC=2O. The van der Waals surface area contributed by atoms with Crippen LogP contribution in [0.25, 0.3) is 11.8 Å². The summed E-state index contributed by atoms with van der Waals surface area (Å²) in [6.45, 7) is 0. The van der Waals surface area contributed by atoms with E-state index in [1.165, 1.54) is 25.3 Å². The zero-order valence-corrected chi connectivity index (χ0v) is 9.10. The Morgan fingerprint density at radius 1 is 1.41 bits per heavy atom. The molecule has 0 saturated carbocycles. The lowest BCUT2D eigenvalue weighted by Gasteiger charge is -2.10. The summed E-state index contributed by atoms with van der Waals surface area (Å²) < 4.78 is 5.09. The maximum atomic E-state index is 11.8. The van der Waals surface area contributed by atoms with Crippen molar-refractivity contribution in [3.05, 3.63) is 40.3 Å². The molecule has 4 nitrogen and oxygen atoms in total. The first-order chi connectivity index (χ1) is 8.19. The van der Waals surface area contributed by atoms with E-state index in [0.717, 1.165) is 0 Å². The van der Waals surface area contributed by atoms with Crippen LogP contribution in [0.5, 0.6) is 5.75 Å². The molecule has 1 aliphatic rings. The molecule has 84 valence electrons. The quantitative estimate of drug-likeness (QED) is 0.754. The smallest absolute Gasteiger partial charge is 0.190 e.